The number of hydrogen-bond acceptors (Lipinski definition) is 2. The molecule has 0 heterocycles. The zero-order valence-electron chi connectivity index (χ0n) is 14.7. The van der Waals surface area contributed by atoms with E-state index in [1.807, 2.05) is 24.3 Å². The smallest absolute Gasteiger partial charge is 0.493 e. The molecule has 1 aromatic rings. The normalized spacial score (nSPS) is 16.1. The molecule has 0 bridgehead atoms. The topological polar surface area (TPSA) is 18.5 Å². The van der Waals surface area contributed by atoms with Crippen molar-refractivity contribution in [2.75, 3.05) is 14.2 Å². The summed E-state index contributed by atoms with van der Waals surface area (Å²) in [4.78, 5) is 0. The minimum Gasteiger partial charge on any atom is -0.493 e. The minimum absolute atomic E-state index is 0. The van der Waals surface area contributed by atoms with E-state index in [2.05, 4.69) is 32.9 Å². The third-order valence-electron chi connectivity index (χ3n) is 3.28. The second-order valence-electron chi connectivity index (χ2n) is 4.74. The maximum Gasteiger partial charge on any atom is 1.00 e. The fraction of sp³-hybridized carbons (Fsp3) is 0.316. The Morgan fingerprint density at radius 1 is 1.23 bits per heavy atom. The van der Waals surface area contributed by atoms with Gasteiger partial charge in [0.05, 0.1) is 14.2 Å². The van der Waals surface area contributed by atoms with Gasteiger partial charge < -0.3 is 30.2 Å². The average Bonchev–Trinajstić information content (AvgIpc) is 2.48. The number of rotatable bonds is 3. The largest absolute Gasteiger partial charge is 1.00 e. The van der Waals surface area contributed by atoms with Crippen molar-refractivity contribution in [3.8, 4) is 11.5 Å². The molecule has 0 fully saturated rings. The van der Waals surface area contributed by atoms with Gasteiger partial charge in [-0.1, -0.05) is 30.4 Å². The summed E-state index contributed by atoms with van der Waals surface area (Å²) in [5.74, 6) is 2.14. The van der Waals surface area contributed by atoms with Gasteiger partial charge in [0.15, 0.2) is 11.5 Å². The monoisotopic (exact) mass is 326 g/mol. The van der Waals surface area contributed by atoms with E-state index in [4.69, 9.17) is 9.47 Å². The van der Waals surface area contributed by atoms with Crippen LogP contribution in [-0.4, -0.2) is 14.2 Å². The van der Waals surface area contributed by atoms with Gasteiger partial charge in [-0.25, -0.2) is 6.42 Å². The van der Waals surface area contributed by atoms with Crippen molar-refractivity contribution in [3.63, 3.8) is 0 Å². The first-order chi connectivity index (χ1) is 9.62. The Kier molecular flexibility index (Phi) is 14.7. The minimum atomic E-state index is 0. The molecule has 1 aromatic carbocycles. The summed E-state index contributed by atoms with van der Waals surface area (Å²) >= 11 is 0. The van der Waals surface area contributed by atoms with Crippen molar-refractivity contribution >= 4 is 0 Å². The third kappa shape index (κ3) is 7.98. The molecule has 0 amide bonds. The zero-order chi connectivity index (χ0) is 15.0. The van der Waals surface area contributed by atoms with Crippen LogP contribution in [0.25, 0.3) is 0 Å². The van der Waals surface area contributed by atoms with Crippen LogP contribution in [0.4, 0.5) is 0 Å². The van der Waals surface area contributed by atoms with E-state index < -0.39 is 0 Å². The number of hydrogen-bond donors (Lipinski definition) is 0. The Labute approximate surface area is 179 Å². The van der Waals surface area contributed by atoms with E-state index in [9.17, 15) is 0 Å². The molecule has 0 aromatic heterocycles. The molecule has 2 rings (SSSR count). The summed E-state index contributed by atoms with van der Waals surface area (Å²) < 4.78 is 10.0. The summed E-state index contributed by atoms with van der Waals surface area (Å²) in [6.45, 7) is 9.94. The molecule has 2 nitrogen and oxygen atoms in total. The Morgan fingerprint density at radius 3 is 2.09 bits per heavy atom. The molecule has 0 saturated heterocycles. The van der Waals surface area contributed by atoms with Gasteiger partial charge in [-0.3, -0.25) is 0 Å². The fourth-order valence-electron chi connectivity index (χ4n) is 2.10. The third-order valence-corrected chi connectivity index (χ3v) is 3.28. The van der Waals surface area contributed by atoms with Gasteiger partial charge in [0, 0.05) is 0 Å². The maximum absolute atomic E-state index is 5.01. The van der Waals surface area contributed by atoms with Crippen LogP contribution in [0.5, 0.6) is 11.5 Å². The van der Waals surface area contributed by atoms with Crippen LogP contribution in [0.1, 0.15) is 19.8 Å². The summed E-state index contributed by atoms with van der Waals surface area (Å²) in [5.41, 5.74) is 2.63. The van der Waals surface area contributed by atoms with E-state index in [-0.39, 0.29) is 58.8 Å². The predicted octanol–water partition coefficient (Wildman–Crippen LogP) is 2.10. The van der Waals surface area contributed by atoms with Crippen LogP contribution in [-0.2, 0) is 0 Å². The first-order valence-corrected chi connectivity index (χ1v) is 6.78. The number of para-hydroxylation sites is 2. The molecule has 118 valence electrons. The number of benzene rings is 1. The number of ether oxygens (including phenoxy) is 2. The molecule has 22 heavy (non-hydrogen) atoms. The number of allylic oxidation sites excluding steroid dienone is 3. The van der Waals surface area contributed by atoms with Gasteiger partial charge in [-0.15, -0.1) is 5.57 Å². The zero-order valence-corrected chi connectivity index (χ0v) is 17.8. The summed E-state index contributed by atoms with van der Waals surface area (Å²) in [6.07, 6.45) is 6.49. The van der Waals surface area contributed by atoms with Gasteiger partial charge >= 0.3 is 51.4 Å². The standard InChI is InChI=1S/C10H14.C8H10O2.CH3.K/c1-4-10-6-5-8(2)7-9(10)3;1-9-7-5-3-4-6-8(7)10-2;;/h6-7,10H,1-2,4-5H2,3H3;3-6H,1-2H3;1H3;/q-2;;-1;+1. The fourth-order valence-corrected chi connectivity index (χ4v) is 2.10. The van der Waals surface area contributed by atoms with Crippen LogP contribution < -0.4 is 60.9 Å². The summed E-state index contributed by atoms with van der Waals surface area (Å²) in [5, 5.41) is 0. The Balaban J connectivity index is 0. The van der Waals surface area contributed by atoms with Crippen LogP contribution in [0.3, 0.4) is 0 Å². The van der Waals surface area contributed by atoms with Crippen LogP contribution in [0.15, 0.2) is 48.1 Å². The second-order valence-corrected chi connectivity index (χ2v) is 4.74. The van der Waals surface area contributed by atoms with Crippen molar-refractivity contribution in [2.24, 2.45) is 5.92 Å². The molecule has 1 atom stereocenters. The first kappa shape index (κ1) is 24.2. The second kappa shape index (κ2) is 13.4. The van der Waals surface area contributed by atoms with Gasteiger partial charge in [-0.2, -0.15) is 12.3 Å². The van der Waals surface area contributed by atoms with E-state index in [0.29, 0.717) is 5.92 Å². The van der Waals surface area contributed by atoms with E-state index in [1.165, 1.54) is 11.1 Å². The Bertz CT molecular complexity index is 443. The molecule has 1 unspecified atom stereocenters. The molecule has 0 radical (unpaired) electrons. The molecule has 0 spiro atoms. The van der Waals surface area contributed by atoms with E-state index in [0.717, 1.165) is 24.3 Å². The SMILES string of the molecule is C=C1C=C(C)C(C[CH2-])[CH-]C1.COc1ccccc1OC.[CH3-].[K+]. The number of methoxy groups -OCH3 is 2. The van der Waals surface area contributed by atoms with Gasteiger partial charge in [0.1, 0.15) is 0 Å². The van der Waals surface area contributed by atoms with Crippen molar-refractivity contribution < 1.29 is 60.9 Å². The van der Waals surface area contributed by atoms with Crippen molar-refractivity contribution in [1.82, 2.24) is 0 Å². The van der Waals surface area contributed by atoms with Crippen molar-refractivity contribution in [2.45, 2.75) is 19.8 Å². The van der Waals surface area contributed by atoms with Crippen molar-refractivity contribution in [1.29, 1.82) is 0 Å². The first-order valence-electron chi connectivity index (χ1n) is 6.78. The van der Waals surface area contributed by atoms with Gasteiger partial charge in [0.25, 0.3) is 0 Å². The molecule has 0 N–H and O–H groups in total. The Hall–Kier alpha value is -0.0636. The Morgan fingerprint density at radius 2 is 1.73 bits per heavy atom. The van der Waals surface area contributed by atoms with Crippen LogP contribution in [0.2, 0.25) is 0 Å². The van der Waals surface area contributed by atoms with E-state index in [1.54, 1.807) is 14.2 Å². The maximum atomic E-state index is 5.01. The molecule has 3 heteroatoms. The molecular formula is C19H27KO2-2. The molecule has 1 aliphatic rings. The molecule has 0 saturated carbocycles. The summed E-state index contributed by atoms with van der Waals surface area (Å²) in [7, 11) is 3.25. The van der Waals surface area contributed by atoms with Crippen molar-refractivity contribution in [3.05, 3.63) is 68.8 Å². The average molecular weight is 327 g/mol. The summed E-state index contributed by atoms with van der Waals surface area (Å²) in [6, 6.07) is 7.53. The predicted molar refractivity (Wildman–Crippen MR) is 91.2 cm³/mol. The van der Waals surface area contributed by atoms with Gasteiger partial charge in [-0.05, 0) is 19.1 Å². The van der Waals surface area contributed by atoms with Gasteiger partial charge in [0.2, 0.25) is 0 Å². The quantitative estimate of drug-likeness (QED) is 0.625. The van der Waals surface area contributed by atoms with Crippen LogP contribution >= 0.6 is 0 Å². The molecule has 1 aliphatic carbocycles. The van der Waals surface area contributed by atoms with Crippen LogP contribution in [0, 0.1) is 26.7 Å². The molecule has 0 aliphatic heterocycles. The molecular weight excluding hydrogens is 299 g/mol. The van der Waals surface area contributed by atoms with E-state index >= 15 is 0 Å².